The van der Waals surface area contributed by atoms with Crippen molar-refractivity contribution < 1.29 is 19.1 Å². The molecule has 1 aliphatic carbocycles. The Morgan fingerprint density at radius 1 is 1.13 bits per heavy atom. The van der Waals surface area contributed by atoms with Crippen molar-refractivity contribution in [1.82, 2.24) is 0 Å². The number of aryl methyl sites for hydroxylation is 2. The first kappa shape index (κ1) is 15.0. The summed E-state index contributed by atoms with van der Waals surface area (Å²) in [4.78, 5) is 23.6. The maximum atomic E-state index is 11.9. The molecule has 6 heteroatoms. The van der Waals surface area contributed by atoms with E-state index < -0.39 is 11.9 Å². The van der Waals surface area contributed by atoms with E-state index in [2.05, 4.69) is 5.32 Å². The molecule has 0 bridgehead atoms. The van der Waals surface area contributed by atoms with Crippen LogP contribution in [0.25, 0.3) is 0 Å². The van der Waals surface area contributed by atoms with E-state index in [-0.39, 0.29) is 12.2 Å². The van der Waals surface area contributed by atoms with E-state index in [1.165, 1.54) is 35.7 Å². The third-order valence-corrected chi connectivity index (χ3v) is 3.75. The van der Waals surface area contributed by atoms with Gasteiger partial charge in [0.1, 0.15) is 0 Å². The normalized spacial score (nSPS) is 12.5. The lowest BCUT2D eigenvalue weighted by Gasteiger charge is -2.08. The van der Waals surface area contributed by atoms with Crippen LogP contribution in [-0.4, -0.2) is 18.5 Å². The summed E-state index contributed by atoms with van der Waals surface area (Å²) in [5, 5.41) is 13.6. The number of anilines is 1. The van der Waals surface area contributed by atoms with Gasteiger partial charge in [0, 0.05) is 17.8 Å². The minimum absolute atomic E-state index is 0.224. The highest BCUT2D eigenvalue weighted by Gasteiger charge is 2.13. The van der Waals surface area contributed by atoms with Gasteiger partial charge in [-0.05, 0) is 42.5 Å². The molecule has 0 unspecified atom stereocenters. The van der Waals surface area contributed by atoms with Gasteiger partial charge in [0.25, 0.3) is 5.91 Å². The van der Waals surface area contributed by atoms with Gasteiger partial charge in [0.15, 0.2) is 19.0 Å². The maximum Gasteiger partial charge on any atom is 0.339 e. The Hall–Kier alpha value is -2.89. The number of nitrogens with one attached hydrogen (secondary N) is 1. The molecule has 0 saturated carbocycles. The quantitative estimate of drug-likeness (QED) is 0.528. The van der Waals surface area contributed by atoms with E-state index in [0.717, 1.165) is 19.3 Å². The molecule has 1 heterocycles. The summed E-state index contributed by atoms with van der Waals surface area (Å²) >= 11 is 0. The third-order valence-electron chi connectivity index (χ3n) is 3.75. The highest BCUT2D eigenvalue weighted by atomic mass is 16.5. The highest BCUT2D eigenvalue weighted by Crippen LogP contribution is 2.24. The third kappa shape index (κ3) is 3.66. The van der Waals surface area contributed by atoms with E-state index >= 15 is 0 Å². The first-order valence-electron chi connectivity index (χ1n) is 7.39. The summed E-state index contributed by atoms with van der Waals surface area (Å²) in [5.41, 5.74) is 3.52. The molecule has 0 radical (unpaired) electrons. The van der Waals surface area contributed by atoms with E-state index in [4.69, 9.17) is 4.74 Å². The van der Waals surface area contributed by atoms with Crippen molar-refractivity contribution in [2.75, 3.05) is 11.9 Å². The topological polar surface area (TPSA) is 82.3 Å². The molecule has 1 amide bonds. The zero-order valence-electron chi connectivity index (χ0n) is 12.5. The minimum atomic E-state index is -0.644. The molecule has 1 aromatic carbocycles. The molecule has 23 heavy (non-hydrogen) atoms. The van der Waals surface area contributed by atoms with Gasteiger partial charge in [-0.15, -0.1) is 0 Å². The molecule has 0 spiro atoms. The first-order valence-corrected chi connectivity index (χ1v) is 7.39. The number of hydrogen-bond acceptors (Lipinski definition) is 4. The van der Waals surface area contributed by atoms with Crippen LogP contribution in [0.15, 0.2) is 42.7 Å². The van der Waals surface area contributed by atoms with Crippen LogP contribution in [0.1, 0.15) is 27.9 Å². The number of hydrogen-bond donors (Lipinski definition) is 1. The van der Waals surface area contributed by atoms with Crippen molar-refractivity contribution >= 4 is 17.6 Å². The van der Waals surface area contributed by atoms with E-state index in [0.29, 0.717) is 10.4 Å². The summed E-state index contributed by atoms with van der Waals surface area (Å²) in [6.07, 6.45) is 5.65. The van der Waals surface area contributed by atoms with Gasteiger partial charge in [-0.3, -0.25) is 4.79 Å². The van der Waals surface area contributed by atoms with Gasteiger partial charge >= 0.3 is 5.97 Å². The number of rotatable bonds is 4. The molecule has 0 saturated heterocycles. The monoisotopic (exact) mass is 312 g/mol. The summed E-state index contributed by atoms with van der Waals surface area (Å²) in [7, 11) is 0. The number of amides is 1. The Labute approximate surface area is 133 Å². The number of aromatic nitrogens is 1. The molecular formula is C17H16N2O4. The molecule has 0 fully saturated rings. The fourth-order valence-electron chi connectivity index (χ4n) is 2.61. The Balaban J connectivity index is 1.53. The Morgan fingerprint density at radius 3 is 2.65 bits per heavy atom. The minimum Gasteiger partial charge on any atom is -0.619 e. The van der Waals surface area contributed by atoms with Crippen LogP contribution in [0, 0.1) is 5.21 Å². The van der Waals surface area contributed by atoms with Crippen molar-refractivity contribution in [3.63, 3.8) is 0 Å². The number of fused-ring (bicyclic) bond motifs is 1. The first-order chi connectivity index (χ1) is 11.1. The molecule has 1 aliphatic rings. The fourth-order valence-corrected chi connectivity index (χ4v) is 2.61. The molecule has 1 aromatic heterocycles. The number of carbonyl (C=O) groups excluding carboxylic acids is 2. The maximum absolute atomic E-state index is 11.9. The van der Waals surface area contributed by atoms with Gasteiger partial charge in [0.05, 0.1) is 5.56 Å². The molecule has 3 rings (SSSR count). The zero-order chi connectivity index (χ0) is 16.2. The second-order valence-electron chi connectivity index (χ2n) is 5.41. The van der Waals surface area contributed by atoms with Crippen LogP contribution in [0.4, 0.5) is 5.69 Å². The zero-order valence-corrected chi connectivity index (χ0v) is 12.5. The van der Waals surface area contributed by atoms with Crippen molar-refractivity contribution in [1.29, 1.82) is 0 Å². The smallest absolute Gasteiger partial charge is 0.339 e. The van der Waals surface area contributed by atoms with Crippen LogP contribution < -0.4 is 10.0 Å². The molecule has 118 valence electrons. The fraction of sp³-hybridized carbons (Fsp3) is 0.235. The van der Waals surface area contributed by atoms with E-state index in [9.17, 15) is 14.8 Å². The van der Waals surface area contributed by atoms with Crippen LogP contribution in [0.2, 0.25) is 0 Å². The van der Waals surface area contributed by atoms with Crippen LogP contribution >= 0.6 is 0 Å². The van der Waals surface area contributed by atoms with Crippen molar-refractivity contribution in [3.05, 3.63) is 64.6 Å². The van der Waals surface area contributed by atoms with Crippen LogP contribution in [0.3, 0.4) is 0 Å². The molecule has 6 nitrogen and oxygen atoms in total. The number of carbonyl (C=O) groups is 2. The Kier molecular flexibility index (Phi) is 4.23. The average Bonchev–Trinajstić information content (AvgIpc) is 3.01. The van der Waals surface area contributed by atoms with Crippen molar-refractivity contribution in [2.45, 2.75) is 19.3 Å². The summed E-state index contributed by atoms with van der Waals surface area (Å²) in [6, 6.07) is 8.52. The number of benzene rings is 1. The van der Waals surface area contributed by atoms with E-state index in [1.54, 1.807) is 0 Å². The van der Waals surface area contributed by atoms with E-state index in [1.807, 2.05) is 18.2 Å². The molecule has 2 aromatic rings. The number of pyridine rings is 1. The van der Waals surface area contributed by atoms with Crippen LogP contribution in [-0.2, 0) is 22.4 Å². The Bertz CT molecular complexity index is 741. The summed E-state index contributed by atoms with van der Waals surface area (Å²) in [6.45, 7) is -0.373. The van der Waals surface area contributed by atoms with Gasteiger partial charge < -0.3 is 15.3 Å². The predicted molar refractivity (Wildman–Crippen MR) is 82.8 cm³/mol. The van der Waals surface area contributed by atoms with Gasteiger partial charge in [-0.2, -0.15) is 4.73 Å². The SMILES string of the molecule is O=C(COC(=O)c1cc[n+]([O-])cc1)Nc1ccc2c(c1)CCC2. The summed E-state index contributed by atoms with van der Waals surface area (Å²) in [5.74, 6) is -1.04. The molecular weight excluding hydrogens is 296 g/mol. The number of nitrogens with zero attached hydrogens (tertiary/aromatic N) is 1. The second kappa shape index (κ2) is 6.48. The molecule has 0 aliphatic heterocycles. The number of ether oxygens (including phenoxy) is 1. The molecule has 0 atom stereocenters. The Morgan fingerprint density at radius 2 is 1.87 bits per heavy atom. The second-order valence-corrected chi connectivity index (χ2v) is 5.41. The highest BCUT2D eigenvalue weighted by molar-refractivity contribution is 5.95. The van der Waals surface area contributed by atoms with Gasteiger partial charge in [0.2, 0.25) is 0 Å². The lowest BCUT2D eigenvalue weighted by atomic mass is 10.1. The van der Waals surface area contributed by atoms with Gasteiger partial charge in [-0.1, -0.05) is 6.07 Å². The standard InChI is InChI=1S/C17H16N2O4/c20-16(11-23-17(21)13-6-8-19(22)9-7-13)18-15-5-4-12-2-1-3-14(12)10-15/h4-10H,1-3,11H2,(H,18,20). The van der Waals surface area contributed by atoms with Crippen LogP contribution in [0.5, 0.6) is 0 Å². The van der Waals surface area contributed by atoms with Gasteiger partial charge in [-0.25, -0.2) is 4.79 Å². The predicted octanol–water partition coefficient (Wildman–Crippen LogP) is 1.60. The largest absolute Gasteiger partial charge is 0.619 e. The molecule has 1 N–H and O–H groups in total. The summed E-state index contributed by atoms with van der Waals surface area (Å²) < 4.78 is 5.50. The van der Waals surface area contributed by atoms with Crippen molar-refractivity contribution in [2.24, 2.45) is 0 Å². The lowest BCUT2D eigenvalue weighted by molar-refractivity contribution is -0.605. The van der Waals surface area contributed by atoms with Crippen molar-refractivity contribution in [3.8, 4) is 0 Å². The lowest BCUT2D eigenvalue weighted by Crippen LogP contribution is -2.25. The average molecular weight is 312 g/mol. The number of esters is 1.